The predicted octanol–water partition coefficient (Wildman–Crippen LogP) is 14.8. The minimum absolute atomic E-state index is 0.221. The van der Waals surface area contributed by atoms with E-state index in [0.29, 0.717) is 6.42 Å². The van der Waals surface area contributed by atoms with Gasteiger partial charge in [-0.3, -0.25) is 14.1 Å². The minimum atomic E-state index is -4.75. The summed E-state index contributed by atoms with van der Waals surface area (Å²) in [6.07, 6.45) is 46.9. The Morgan fingerprint density at radius 3 is 0.927 bits per heavy atom. The van der Waals surface area contributed by atoms with Crippen molar-refractivity contribution in [1.82, 2.24) is 0 Å². The van der Waals surface area contributed by atoms with Crippen molar-refractivity contribution in [1.29, 1.82) is 0 Å². The fourth-order valence-corrected chi connectivity index (χ4v) is 7.68. The molecule has 0 aliphatic heterocycles. The van der Waals surface area contributed by atoms with Gasteiger partial charge in [0.25, 0.3) is 0 Å². The van der Waals surface area contributed by atoms with Gasteiger partial charge in [-0.1, -0.05) is 239 Å². The second kappa shape index (κ2) is 42.7. The third-order valence-electron chi connectivity index (χ3n) is 10.9. The van der Waals surface area contributed by atoms with Crippen LogP contribution in [-0.4, -0.2) is 41.0 Å². The van der Waals surface area contributed by atoms with Crippen molar-refractivity contribution in [2.75, 3.05) is 13.2 Å². The van der Waals surface area contributed by atoms with Gasteiger partial charge in [0.2, 0.25) is 0 Å². The summed E-state index contributed by atoms with van der Waals surface area (Å²) in [4.78, 5) is 43.0. The van der Waals surface area contributed by atoms with Crippen LogP contribution in [0.4, 0.5) is 0 Å². The molecule has 9 heteroatoms. The summed E-state index contributed by atoms with van der Waals surface area (Å²) in [6, 6.07) is 0. The van der Waals surface area contributed by atoms with Crippen molar-refractivity contribution in [3.63, 3.8) is 0 Å². The highest BCUT2D eigenvalue weighted by Crippen LogP contribution is 2.36. The van der Waals surface area contributed by atoms with Gasteiger partial charge in [0.05, 0.1) is 6.61 Å². The van der Waals surface area contributed by atoms with Crippen LogP contribution in [0.5, 0.6) is 0 Å². The molecule has 0 aliphatic rings. The zero-order valence-corrected chi connectivity index (χ0v) is 37.3. The van der Waals surface area contributed by atoms with Crippen LogP contribution in [-0.2, 0) is 28.2 Å². The lowest BCUT2D eigenvalue weighted by molar-refractivity contribution is -0.161. The topological polar surface area (TPSA) is 119 Å². The van der Waals surface area contributed by atoms with Gasteiger partial charge >= 0.3 is 19.8 Å². The van der Waals surface area contributed by atoms with Crippen LogP contribution in [0.2, 0.25) is 0 Å². The smallest absolute Gasteiger partial charge is 0.462 e. The largest absolute Gasteiger partial charge is 0.469 e. The van der Waals surface area contributed by atoms with E-state index in [1.54, 1.807) is 0 Å². The van der Waals surface area contributed by atoms with Gasteiger partial charge in [-0.25, -0.2) is 4.57 Å². The molecule has 0 unspecified atom stereocenters. The van der Waals surface area contributed by atoms with E-state index >= 15 is 0 Å². The zero-order chi connectivity index (χ0) is 40.3. The number of rotatable bonds is 45. The van der Waals surface area contributed by atoms with Crippen LogP contribution in [0.15, 0.2) is 0 Å². The normalized spacial score (nSPS) is 12.3. The van der Waals surface area contributed by atoms with E-state index < -0.39 is 32.5 Å². The lowest BCUT2D eigenvalue weighted by atomic mass is 10.0. The molecule has 0 aromatic carbocycles. The van der Waals surface area contributed by atoms with E-state index in [2.05, 4.69) is 18.4 Å². The molecule has 0 radical (unpaired) electrons. The average Bonchev–Trinajstić information content (AvgIpc) is 3.16. The Labute approximate surface area is 340 Å². The van der Waals surface area contributed by atoms with Crippen molar-refractivity contribution in [3.05, 3.63) is 0 Å². The van der Waals surface area contributed by atoms with Crippen LogP contribution < -0.4 is 0 Å². The van der Waals surface area contributed by atoms with Crippen LogP contribution >= 0.6 is 7.82 Å². The summed E-state index contributed by atoms with van der Waals surface area (Å²) in [5.41, 5.74) is 0. The number of carbonyl (C=O) groups excluding carboxylic acids is 2. The van der Waals surface area contributed by atoms with E-state index in [4.69, 9.17) is 19.3 Å². The summed E-state index contributed by atoms with van der Waals surface area (Å²) in [5, 5.41) is 0. The third-order valence-corrected chi connectivity index (χ3v) is 11.4. The SMILES string of the molecule is CCCCCCCCCCCCCCCCCCCCCC(=O)O[C@H](COC(=O)CCCCCCCCCCCCCCCCCCCC)COP(=O)(O)O. The number of hydrogen-bond donors (Lipinski definition) is 2. The molecule has 0 heterocycles. The predicted molar refractivity (Wildman–Crippen MR) is 230 cm³/mol. The van der Waals surface area contributed by atoms with Crippen LogP contribution in [0.25, 0.3) is 0 Å². The number of carbonyl (C=O) groups is 2. The Bertz CT molecular complexity index is 863. The molecule has 0 saturated carbocycles. The number of unbranched alkanes of at least 4 members (excludes halogenated alkanes) is 35. The van der Waals surface area contributed by atoms with Crippen LogP contribution in [0, 0.1) is 0 Å². The van der Waals surface area contributed by atoms with Crippen molar-refractivity contribution >= 4 is 19.8 Å². The van der Waals surface area contributed by atoms with E-state index in [1.807, 2.05) is 0 Å². The molecule has 2 N–H and O–H groups in total. The highest BCUT2D eigenvalue weighted by molar-refractivity contribution is 7.46. The second-order valence-corrected chi connectivity index (χ2v) is 17.7. The molecule has 0 aliphatic carbocycles. The fourth-order valence-electron chi connectivity index (χ4n) is 7.32. The second-order valence-electron chi connectivity index (χ2n) is 16.5. The van der Waals surface area contributed by atoms with Crippen molar-refractivity contribution in [2.45, 2.75) is 270 Å². The molecule has 0 spiro atoms. The summed E-state index contributed by atoms with van der Waals surface area (Å²) < 4.78 is 26.5. The lowest BCUT2D eigenvalue weighted by Gasteiger charge is -2.18. The maximum atomic E-state index is 12.4. The lowest BCUT2D eigenvalue weighted by Crippen LogP contribution is -2.29. The maximum Gasteiger partial charge on any atom is 0.469 e. The number of esters is 2. The first-order valence-corrected chi connectivity index (χ1v) is 25.4. The van der Waals surface area contributed by atoms with Gasteiger partial charge in [0.1, 0.15) is 6.61 Å². The first kappa shape index (κ1) is 54.0. The Morgan fingerprint density at radius 1 is 0.400 bits per heavy atom. The van der Waals surface area contributed by atoms with Crippen molar-refractivity contribution in [2.24, 2.45) is 0 Å². The van der Waals surface area contributed by atoms with Crippen LogP contribution in [0.3, 0.4) is 0 Å². The van der Waals surface area contributed by atoms with Gasteiger partial charge in [-0.05, 0) is 12.8 Å². The Kier molecular flexibility index (Phi) is 41.9. The fraction of sp³-hybridized carbons (Fsp3) is 0.957. The molecule has 1 atom stereocenters. The molecule has 55 heavy (non-hydrogen) atoms. The maximum absolute atomic E-state index is 12.4. The average molecular weight is 803 g/mol. The quantitative estimate of drug-likeness (QED) is 0.0355. The Hall–Kier alpha value is -0.950. The van der Waals surface area contributed by atoms with Gasteiger partial charge in [-0.2, -0.15) is 0 Å². The summed E-state index contributed by atoms with van der Waals surface area (Å²) in [7, 11) is -4.75. The number of hydrogen-bond acceptors (Lipinski definition) is 6. The Morgan fingerprint density at radius 2 is 0.655 bits per heavy atom. The number of phosphoric ester groups is 1. The summed E-state index contributed by atoms with van der Waals surface area (Å²) >= 11 is 0. The Balaban J connectivity index is 3.79. The van der Waals surface area contributed by atoms with E-state index in [-0.39, 0.29) is 19.4 Å². The standard InChI is InChI=1S/C46H91O8P/c1-3-5-7-9-11-13-15-17-19-21-23-25-27-29-31-33-35-37-39-41-46(48)54-44(43-53-55(49,50)51)42-52-45(47)40-38-36-34-32-30-28-26-24-22-20-18-16-14-12-10-8-6-4-2/h44H,3-43H2,1-2H3,(H2,49,50,51)/t44-/m1/s1. The molecular formula is C46H91O8P. The number of phosphoric acid groups is 1. The molecule has 0 aromatic heterocycles. The van der Waals surface area contributed by atoms with Gasteiger partial charge in [0.15, 0.2) is 6.10 Å². The zero-order valence-electron chi connectivity index (χ0n) is 36.4. The molecule has 328 valence electrons. The summed E-state index contributed by atoms with van der Waals surface area (Å²) in [5.74, 6) is -0.863. The molecule has 0 bridgehead atoms. The molecule has 0 saturated heterocycles. The summed E-state index contributed by atoms with van der Waals surface area (Å²) in [6.45, 7) is 3.74. The highest BCUT2D eigenvalue weighted by atomic mass is 31.2. The minimum Gasteiger partial charge on any atom is -0.462 e. The van der Waals surface area contributed by atoms with E-state index in [1.165, 1.54) is 199 Å². The van der Waals surface area contributed by atoms with Gasteiger partial charge in [0, 0.05) is 12.8 Å². The highest BCUT2D eigenvalue weighted by Gasteiger charge is 2.23. The van der Waals surface area contributed by atoms with E-state index in [0.717, 1.165) is 32.1 Å². The van der Waals surface area contributed by atoms with Crippen molar-refractivity contribution < 1.29 is 37.9 Å². The monoisotopic (exact) mass is 803 g/mol. The van der Waals surface area contributed by atoms with Crippen LogP contribution in [0.1, 0.15) is 264 Å². The van der Waals surface area contributed by atoms with Gasteiger partial charge in [-0.15, -0.1) is 0 Å². The van der Waals surface area contributed by atoms with E-state index in [9.17, 15) is 14.2 Å². The molecule has 0 aromatic rings. The van der Waals surface area contributed by atoms with Gasteiger partial charge < -0.3 is 19.3 Å². The molecular weight excluding hydrogens is 711 g/mol. The number of ether oxygens (including phenoxy) is 2. The molecule has 0 amide bonds. The molecule has 0 fully saturated rings. The third kappa shape index (κ3) is 45.6. The first-order chi connectivity index (χ1) is 26.8. The molecule has 0 rings (SSSR count). The molecule has 8 nitrogen and oxygen atoms in total. The first-order valence-electron chi connectivity index (χ1n) is 23.8. The van der Waals surface area contributed by atoms with Crippen molar-refractivity contribution in [3.8, 4) is 0 Å².